The Morgan fingerprint density at radius 1 is 0.688 bits per heavy atom. The Balaban J connectivity index is 2.59. The molecule has 0 bridgehead atoms. The number of halogens is 2. The maximum absolute atomic E-state index is 6.25. The van der Waals surface area contributed by atoms with E-state index in [-0.39, 0.29) is 0 Å². The van der Waals surface area contributed by atoms with E-state index in [1.165, 1.54) is 10.8 Å². The fourth-order valence-corrected chi connectivity index (χ4v) is 2.50. The third-order valence-electron chi connectivity index (χ3n) is 2.77. The Labute approximate surface area is 103 Å². The molecule has 0 aliphatic rings. The minimum Gasteiger partial charge on any atom is -0.0843 e. The van der Waals surface area contributed by atoms with Crippen LogP contribution in [0.25, 0.3) is 21.5 Å². The first-order chi connectivity index (χ1) is 7.75. The summed E-state index contributed by atoms with van der Waals surface area (Å²) < 4.78 is 0. The number of hydrogen-bond donors (Lipinski definition) is 0. The van der Waals surface area contributed by atoms with Crippen molar-refractivity contribution >= 4 is 44.7 Å². The molecule has 0 saturated carbocycles. The van der Waals surface area contributed by atoms with Gasteiger partial charge in [-0.1, -0.05) is 53.5 Å². The van der Waals surface area contributed by atoms with Crippen molar-refractivity contribution < 1.29 is 0 Å². The van der Waals surface area contributed by atoms with Crippen LogP contribution in [0.1, 0.15) is 0 Å². The van der Waals surface area contributed by atoms with Gasteiger partial charge in [-0.05, 0) is 34.4 Å². The molecule has 0 aliphatic heterocycles. The maximum atomic E-state index is 6.25. The lowest BCUT2D eigenvalue weighted by atomic mass is 10.0. The molecule has 3 aromatic carbocycles. The quantitative estimate of drug-likeness (QED) is 0.473. The summed E-state index contributed by atoms with van der Waals surface area (Å²) in [5.74, 6) is 0. The Bertz CT molecular complexity index is 687. The second-order valence-corrected chi connectivity index (χ2v) is 4.61. The third kappa shape index (κ3) is 1.46. The van der Waals surface area contributed by atoms with Crippen molar-refractivity contribution in [2.45, 2.75) is 0 Å². The van der Waals surface area contributed by atoms with Crippen molar-refractivity contribution in [2.75, 3.05) is 0 Å². The monoisotopic (exact) mass is 246 g/mol. The van der Waals surface area contributed by atoms with Crippen LogP contribution in [0.5, 0.6) is 0 Å². The number of hydrogen-bond acceptors (Lipinski definition) is 0. The fraction of sp³-hybridized carbons (Fsp3) is 0. The van der Waals surface area contributed by atoms with Crippen LogP contribution in [0.15, 0.2) is 48.5 Å². The van der Waals surface area contributed by atoms with Crippen LogP contribution in [0, 0.1) is 0 Å². The molecule has 0 N–H and O–H groups in total. The zero-order valence-corrected chi connectivity index (χ0v) is 9.89. The molecule has 0 aromatic heterocycles. The largest absolute Gasteiger partial charge is 0.0843 e. The molecule has 0 amide bonds. The molecular weight excluding hydrogens is 239 g/mol. The normalized spacial score (nSPS) is 11.1. The van der Waals surface area contributed by atoms with E-state index in [0.717, 1.165) is 20.8 Å². The Hall–Kier alpha value is -1.24. The van der Waals surface area contributed by atoms with Gasteiger partial charge in [0, 0.05) is 15.4 Å². The molecule has 2 heteroatoms. The van der Waals surface area contributed by atoms with Crippen LogP contribution in [0.4, 0.5) is 0 Å². The van der Waals surface area contributed by atoms with E-state index in [9.17, 15) is 0 Å². The highest BCUT2D eigenvalue weighted by Gasteiger charge is 2.04. The van der Waals surface area contributed by atoms with Crippen LogP contribution in [-0.4, -0.2) is 0 Å². The van der Waals surface area contributed by atoms with E-state index in [1.807, 2.05) is 42.5 Å². The van der Waals surface area contributed by atoms with E-state index in [0.29, 0.717) is 0 Å². The average Bonchev–Trinajstić information content (AvgIpc) is 2.29. The second kappa shape index (κ2) is 3.65. The predicted octanol–water partition coefficient (Wildman–Crippen LogP) is 5.30. The van der Waals surface area contributed by atoms with Crippen molar-refractivity contribution in [3.8, 4) is 0 Å². The van der Waals surface area contributed by atoms with Crippen molar-refractivity contribution in [3.63, 3.8) is 0 Å². The second-order valence-electron chi connectivity index (χ2n) is 3.77. The highest BCUT2D eigenvalue weighted by molar-refractivity contribution is 6.38. The minimum atomic E-state index is 0.735. The summed E-state index contributed by atoms with van der Waals surface area (Å²) in [5.41, 5.74) is 0. The SMILES string of the molecule is Clc1ccc2c(c1)cc(Cl)c1ccccc12. The molecule has 0 nitrogen and oxygen atoms in total. The van der Waals surface area contributed by atoms with Crippen LogP contribution >= 0.6 is 23.2 Å². The van der Waals surface area contributed by atoms with E-state index in [1.54, 1.807) is 0 Å². The van der Waals surface area contributed by atoms with Gasteiger partial charge in [-0.2, -0.15) is 0 Å². The molecule has 16 heavy (non-hydrogen) atoms. The topological polar surface area (TPSA) is 0 Å². The minimum absolute atomic E-state index is 0.735. The lowest BCUT2D eigenvalue weighted by molar-refractivity contribution is 1.76. The molecule has 3 rings (SSSR count). The van der Waals surface area contributed by atoms with Crippen molar-refractivity contribution in [1.29, 1.82) is 0 Å². The van der Waals surface area contributed by atoms with Gasteiger partial charge in [0.15, 0.2) is 0 Å². The Kier molecular flexibility index (Phi) is 2.27. The van der Waals surface area contributed by atoms with E-state index in [4.69, 9.17) is 23.2 Å². The highest BCUT2D eigenvalue weighted by Crippen LogP contribution is 2.32. The van der Waals surface area contributed by atoms with E-state index < -0.39 is 0 Å². The van der Waals surface area contributed by atoms with Crippen molar-refractivity contribution in [1.82, 2.24) is 0 Å². The lowest BCUT2D eigenvalue weighted by Gasteiger charge is -2.06. The molecule has 3 aromatic rings. The van der Waals surface area contributed by atoms with Crippen molar-refractivity contribution in [3.05, 3.63) is 58.6 Å². The molecule has 0 unspecified atom stereocenters. The molecule has 0 heterocycles. The fourth-order valence-electron chi connectivity index (χ4n) is 2.04. The predicted molar refractivity (Wildman–Crippen MR) is 71.5 cm³/mol. The average molecular weight is 247 g/mol. The van der Waals surface area contributed by atoms with Gasteiger partial charge in [0.25, 0.3) is 0 Å². The Morgan fingerprint density at radius 2 is 1.44 bits per heavy atom. The van der Waals surface area contributed by atoms with Gasteiger partial charge >= 0.3 is 0 Å². The summed E-state index contributed by atoms with van der Waals surface area (Å²) >= 11 is 12.2. The summed E-state index contributed by atoms with van der Waals surface area (Å²) in [6.45, 7) is 0. The molecule has 0 aliphatic carbocycles. The first-order valence-corrected chi connectivity index (χ1v) is 5.78. The smallest absolute Gasteiger partial charge is 0.0490 e. The highest BCUT2D eigenvalue weighted by atomic mass is 35.5. The Morgan fingerprint density at radius 3 is 2.25 bits per heavy atom. The van der Waals surface area contributed by atoms with Gasteiger partial charge in [-0.3, -0.25) is 0 Å². The van der Waals surface area contributed by atoms with Gasteiger partial charge < -0.3 is 0 Å². The molecular formula is C14H8Cl2. The summed E-state index contributed by atoms with van der Waals surface area (Å²) in [7, 11) is 0. The first-order valence-electron chi connectivity index (χ1n) is 5.02. The third-order valence-corrected chi connectivity index (χ3v) is 3.32. The van der Waals surface area contributed by atoms with Gasteiger partial charge in [0.1, 0.15) is 0 Å². The van der Waals surface area contributed by atoms with Gasteiger partial charge in [-0.25, -0.2) is 0 Å². The van der Waals surface area contributed by atoms with Crippen LogP contribution < -0.4 is 0 Å². The van der Waals surface area contributed by atoms with Gasteiger partial charge in [0.2, 0.25) is 0 Å². The van der Waals surface area contributed by atoms with E-state index in [2.05, 4.69) is 6.07 Å². The number of fused-ring (bicyclic) bond motifs is 3. The van der Waals surface area contributed by atoms with Crippen LogP contribution in [0.3, 0.4) is 0 Å². The molecule has 0 spiro atoms. The zero-order valence-electron chi connectivity index (χ0n) is 8.37. The molecule has 0 radical (unpaired) electrons. The van der Waals surface area contributed by atoms with Gasteiger partial charge in [0.05, 0.1) is 0 Å². The summed E-state index contributed by atoms with van der Waals surface area (Å²) in [6.07, 6.45) is 0. The summed E-state index contributed by atoms with van der Waals surface area (Å²) in [5, 5.41) is 6.02. The molecule has 78 valence electrons. The summed E-state index contributed by atoms with van der Waals surface area (Å²) in [6, 6.07) is 16.0. The molecule has 0 fully saturated rings. The zero-order chi connectivity index (χ0) is 11.1. The molecule has 0 atom stereocenters. The standard InChI is InChI=1S/C14H8Cl2/c15-10-5-6-11-9(7-10)8-14(16)13-4-2-1-3-12(11)13/h1-8H. The number of benzene rings is 3. The lowest BCUT2D eigenvalue weighted by Crippen LogP contribution is -1.79. The first kappa shape index (κ1) is 9.95. The van der Waals surface area contributed by atoms with Crippen molar-refractivity contribution in [2.24, 2.45) is 0 Å². The maximum Gasteiger partial charge on any atom is 0.0490 e. The van der Waals surface area contributed by atoms with Gasteiger partial charge in [-0.15, -0.1) is 0 Å². The van der Waals surface area contributed by atoms with E-state index >= 15 is 0 Å². The van der Waals surface area contributed by atoms with Crippen LogP contribution in [-0.2, 0) is 0 Å². The molecule has 0 saturated heterocycles. The summed E-state index contributed by atoms with van der Waals surface area (Å²) in [4.78, 5) is 0. The van der Waals surface area contributed by atoms with Crippen LogP contribution in [0.2, 0.25) is 10.0 Å². The number of rotatable bonds is 0.